The lowest BCUT2D eigenvalue weighted by atomic mass is 10.1. The molecule has 0 aliphatic carbocycles. The van der Waals surface area contributed by atoms with E-state index < -0.39 is 17.6 Å². The van der Waals surface area contributed by atoms with Crippen LogP contribution in [-0.2, 0) is 4.74 Å². The van der Waals surface area contributed by atoms with Crippen LogP contribution in [0, 0.1) is 17.6 Å². The molecule has 0 aromatic heterocycles. The lowest BCUT2D eigenvalue weighted by molar-refractivity contribution is 0.0446. The number of hydrogen-bond acceptors (Lipinski definition) is 2. The number of carbonyl (C=O) groups is 1. The van der Waals surface area contributed by atoms with Crippen molar-refractivity contribution in [2.75, 3.05) is 6.61 Å². The number of esters is 1. The molecule has 0 aliphatic rings. The monoisotopic (exact) mass is 228 g/mol. The summed E-state index contributed by atoms with van der Waals surface area (Å²) in [7, 11) is 0. The number of hydrogen-bond donors (Lipinski definition) is 0. The predicted molar refractivity (Wildman–Crippen MR) is 56.1 cm³/mol. The number of rotatable bonds is 4. The van der Waals surface area contributed by atoms with E-state index in [9.17, 15) is 13.6 Å². The van der Waals surface area contributed by atoms with Crippen LogP contribution in [0.2, 0.25) is 0 Å². The van der Waals surface area contributed by atoms with Crippen LogP contribution >= 0.6 is 0 Å². The van der Waals surface area contributed by atoms with E-state index >= 15 is 0 Å². The van der Waals surface area contributed by atoms with Crippen LogP contribution in [0.1, 0.15) is 30.6 Å². The van der Waals surface area contributed by atoms with Crippen LogP contribution in [0.4, 0.5) is 8.78 Å². The van der Waals surface area contributed by atoms with Gasteiger partial charge in [0.25, 0.3) is 0 Å². The summed E-state index contributed by atoms with van der Waals surface area (Å²) >= 11 is 0. The molecule has 2 nitrogen and oxygen atoms in total. The summed E-state index contributed by atoms with van der Waals surface area (Å²) in [6.45, 7) is 4.21. The Bertz CT molecular complexity index is 377. The highest BCUT2D eigenvalue weighted by Gasteiger charge is 2.11. The number of carbonyl (C=O) groups excluding carboxylic acids is 1. The number of halogens is 2. The second-order valence-corrected chi connectivity index (χ2v) is 3.74. The zero-order chi connectivity index (χ0) is 12.1. The van der Waals surface area contributed by atoms with Gasteiger partial charge in [0.1, 0.15) is 0 Å². The SMILES string of the molecule is CCC(C)COC(=O)c1ccc(F)c(F)c1. The van der Waals surface area contributed by atoms with Gasteiger partial charge in [-0.05, 0) is 24.1 Å². The summed E-state index contributed by atoms with van der Waals surface area (Å²) in [5, 5.41) is 0. The normalized spacial score (nSPS) is 12.2. The molecule has 16 heavy (non-hydrogen) atoms. The van der Waals surface area contributed by atoms with Crippen molar-refractivity contribution in [1.29, 1.82) is 0 Å². The maximum absolute atomic E-state index is 12.8. The van der Waals surface area contributed by atoms with Gasteiger partial charge < -0.3 is 4.74 Å². The molecule has 0 N–H and O–H groups in total. The van der Waals surface area contributed by atoms with E-state index in [0.29, 0.717) is 0 Å². The molecule has 0 spiro atoms. The molecule has 1 unspecified atom stereocenters. The third kappa shape index (κ3) is 3.29. The van der Waals surface area contributed by atoms with Crippen molar-refractivity contribution in [2.24, 2.45) is 5.92 Å². The van der Waals surface area contributed by atoms with Crippen molar-refractivity contribution in [2.45, 2.75) is 20.3 Å². The molecule has 4 heteroatoms. The summed E-state index contributed by atoms with van der Waals surface area (Å²) in [6, 6.07) is 2.96. The van der Waals surface area contributed by atoms with Gasteiger partial charge in [-0.1, -0.05) is 20.3 Å². The predicted octanol–water partition coefficient (Wildman–Crippen LogP) is 3.17. The summed E-state index contributed by atoms with van der Waals surface area (Å²) in [5.74, 6) is -2.38. The topological polar surface area (TPSA) is 26.3 Å². The molecular weight excluding hydrogens is 214 g/mol. The standard InChI is InChI=1S/C12H14F2O2/c1-3-8(2)7-16-12(15)9-4-5-10(13)11(14)6-9/h4-6,8H,3,7H2,1-2H3. The third-order valence-corrected chi connectivity index (χ3v) is 2.35. The Labute approximate surface area is 93.2 Å². The number of ether oxygens (including phenoxy) is 1. The lowest BCUT2D eigenvalue weighted by Crippen LogP contribution is -2.12. The first-order valence-electron chi connectivity index (χ1n) is 5.16. The first kappa shape index (κ1) is 12.6. The first-order valence-corrected chi connectivity index (χ1v) is 5.16. The molecule has 1 aromatic rings. The molecule has 0 bridgehead atoms. The van der Waals surface area contributed by atoms with Crippen molar-refractivity contribution in [3.8, 4) is 0 Å². The van der Waals surface area contributed by atoms with Gasteiger partial charge in [0.2, 0.25) is 0 Å². The van der Waals surface area contributed by atoms with E-state index in [-0.39, 0.29) is 18.1 Å². The number of benzene rings is 1. The molecule has 1 rings (SSSR count). The van der Waals surface area contributed by atoms with Crippen molar-refractivity contribution in [3.63, 3.8) is 0 Å². The summed E-state index contributed by atoms with van der Waals surface area (Å²) in [6.07, 6.45) is 0.894. The molecule has 0 amide bonds. The van der Waals surface area contributed by atoms with E-state index in [0.717, 1.165) is 18.6 Å². The molecule has 0 saturated carbocycles. The van der Waals surface area contributed by atoms with Crippen LogP contribution in [-0.4, -0.2) is 12.6 Å². The van der Waals surface area contributed by atoms with Gasteiger partial charge in [0.05, 0.1) is 12.2 Å². The summed E-state index contributed by atoms with van der Waals surface area (Å²) in [4.78, 5) is 11.4. The minimum absolute atomic E-state index is 0.0298. The van der Waals surface area contributed by atoms with Crippen LogP contribution in [0.25, 0.3) is 0 Å². The Morgan fingerprint density at radius 3 is 2.62 bits per heavy atom. The van der Waals surface area contributed by atoms with Crippen molar-refractivity contribution >= 4 is 5.97 Å². The van der Waals surface area contributed by atoms with E-state index in [1.54, 1.807) is 0 Å². The fraction of sp³-hybridized carbons (Fsp3) is 0.417. The van der Waals surface area contributed by atoms with Crippen molar-refractivity contribution < 1.29 is 18.3 Å². The van der Waals surface area contributed by atoms with Gasteiger partial charge in [0.15, 0.2) is 11.6 Å². The van der Waals surface area contributed by atoms with Crippen molar-refractivity contribution in [3.05, 3.63) is 35.4 Å². The molecular formula is C12H14F2O2. The fourth-order valence-corrected chi connectivity index (χ4v) is 1.04. The second kappa shape index (κ2) is 5.58. The summed E-state index contributed by atoms with van der Waals surface area (Å²) in [5.41, 5.74) is 0.0298. The maximum Gasteiger partial charge on any atom is 0.338 e. The maximum atomic E-state index is 12.8. The highest BCUT2D eigenvalue weighted by molar-refractivity contribution is 5.89. The molecule has 0 saturated heterocycles. The minimum atomic E-state index is -1.04. The van der Waals surface area contributed by atoms with E-state index in [1.165, 1.54) is 6.07 Å². The minimum Gasteiger partial charge on any atom is -0.462 e. The van der Waals surface area contributed by atoms with E-state index in [2.05, 4.69) is 0 Å². The smallest absolute Gasteiger partial charge is 0.338 e. The highest BCUT2D eigenvalue weighted by Crippen LogP contribution is 2.10. The van der Waals surface area contributed by atoms with Crippen molar-refractivity contribution in [1.82, 2.24) is 0 Å². The molecule has 0 radical (unpaired) electrons. The van der Waals surface area contributed by atoms with E-state index in [4.69, 9.17) is 4.74 Å². The first-order chi connectivity index (χ1) is 7.54. The molecule has 0 fully saturated rings. The quantitative estimate of drug-likeness (QED) is 0.740. The van der Waals surface area contributed by atoms with Gasteiger partial charge >= 0.3 is 5.97 Å². The lowest BCUT2D eigenvalue weighted by Gasteiger charge is -2.09. The van der Waals surface area contributed by atoms with Crippen LogP contribution in [0.5, 0.6) is 0 Å². The van der Waals surface area contributed by atoms with Gasteiger partial charge in [0, 0.05) is 0 Å². The Hall–Kier alpha value is -1.45. The molecule has 1 aromatic carbocycles. The Kier molecular flexibility index (Phi) is 4.40. The van der Waals surface area contributed by atoms with E-state index in [1.807, 2.05) is 13.8 Å². The molecule has 1 atom stereocenters. The zero-order valence-electron chi connectivity index (χ0n) is 9.30. The second-order valence-electron chi connectivity index (χ2n) is 3.74. The fourth-order valence-electron chi connectivity index (χ4n) is 1.04. The largest absolute Gasteiger partial charge is 0.462 e. The van der Waals surface area contributed by atoms with Gasteiger partial charge in [-0.3, -0.25) is 0 Å². The average Bonchev–Trinajstić information content (AvgIpc) is 2.29. The highest BCUT2D eigenvalue weighted by atomic mass is 19.2. The average molecular weight is 228 g/mol. The van der Waals surface area contributed by atoms with Crippen LogP contribution in [0.15, 0.2) is 18.2 Å². The summed E-state index contributed by atoms with van der Waals surface area (Å²) < 4.78 is 30.4. The Balaban J connectivity index is 2.63. The van der Waals surface area contributed by atoms with Gasteiger partial charge in [-0.2, -0.15) is 0 Å². The Morgan fingerprint density at radius 1 is 1.38 bits per heavy atom. The van der Waals surface area contributed by atoms with Gasteiger partial charge in [-0.15, -0.1) is 0 Å². The van der Waals surface area contributed by atoms with Gasteiger partial charge in [-0.25, -0.2) is 13.6 Å². The van der Waals surface area contributed by atoms with Crippen LogP contribution < -0.4 is 0 Å². The third-order valence-electron chi connectivity index (χ3n) is 2.35. The zero-order valence-corrected chi connectivity index (χ0v) is 9.30. The Morgan fingerprint density at radius 2 is 2.06 bits per heavy atom. The van der Waals surface area contributed by atoms with Crippen LogP contribution in [0.3, 0.4) is 0 Å². The molecule has 88 valence electrons. The molecule has 0 heterocycles. The molecule has 0 aliphatic heterocycles.